The number of benzene rings is 1. The van der Waals surface area contributed by atoms with Crippen LogP contribution in [0, 0.1) is 29.6 Å². The van der Waals surface area contributed by atoms with Gasteiger partial charge in [-0.15, -0.1) is 23.2 Å². The van der Waals surface area contributed by atoms with E-state index in [0.29, 0.717) is 39.4 Å². The Balaban J connectivity index is 1.38. The van der Waals surface area contributed by atoms with Crippen LogP contribution in [0.25, 0.3) is 0 Å². The van der Waals surface area contributed by atoms with Crippen molar-refractivity contribution in [2.75, 3.05) is 5.32 Å². The van der Waals surface area contributed by atoms with E-state index in [9.17, 15) is 4.79 Å². The van der Waals surface area contributed by atoms with E-state index >= 15 is 0 Å². The summed E-state index contributed by atoms with van der Waals surface area (Å²) in [5, 5.41) is 3.91. The Kier molecular flexibility index (Phi) is 4.04. The number of anilines is 1. The molecule has 0 aliphatic heterocycles. The Morgan fingerprint density at radius 3 is 2.17 bits per heavy atom. The largest absolute Gasteiger partial charge is 0.326 e. The van der Waals surface area contributed by atoms with Crippen LogP contribution in [0.2, 0.25) is 10.0 Å². The Morgan fingerprint density at radius 1 is 1.00 bits per heavy atom. The van der Waals surface area contributed by atoms with E-state index in [4.69, 9.17) is 46.4 Å². The number of nitrogens with one attached hydrogen (secondary N) is 1. The molecule has 0 radical (unpaired) electrons. The molecule has 4 rings (SSSR count). The third kappa shape index (κ3) is 2.86. The highest BCUT2D eigenvalue weighted by Gasteiger charge is 2.65. The number of alkyl halides is 2. The predicted molar refractivity (Wildman–Crippen MR) is 95.4 cm³/mol. The molecule has 1 aromatic rings. The number of rotatable bonds is 2. The average Bonchev–Trinajstić information content (AvgIpc) is 3.27. The van der Waals surface area contributed by atoms with Crippen molar-refractivity contribution in [3.63, 3.8) is 0 Å². The van der Waals surface area contributed by atoms with Gasteiger partial charge in [-0.25, -0.2) is 0 Å². The fraction of sp³-hybridized carbons (Fsp3) is 0.588. The van der Waals surface area contributed by atoms with Gasteiger partial charge in [0.05, 0.1) is 10.0 Å². The van der Waals surface area contributed by atoms with Gasteiger partial charge in [0.25, 0.3) is 0 Å². The molecule has 0 bridgehead atoms. The first-order chi connectivity index (χ1) is 10.9. The standard InChI is InChI=1S/C17H17Cl4NO/c18-13-6-1-8(7-14(13)19)22-16(23)15-9-2-4-11-12(17(11,20)21)5-3-10(9)15/h1,6-7,9-12,15H,2-5H2,(H,22,23)/t9-,10-,11-,12+,15?/m0/s1. The van der Waals surface area contributed by atoms with Crippen LogP contribution in [0.1, 0.15) is 25.7 Å². The average molecular weight is 393 g/mol. The molecule has 1 N–H and O–H groups in total. The topological polar surface area (TPSA) is 29.1 Å². The van der Waals surface area contributed by atoms with Crippen molar-refractivity contribution < 1.29 is 4.79 Å². The molecule has 6 heteroatoms. The fourth-order valence-corrected chi connectivity index (χ4v) is 5.63. The van der Waals surface area contributed by atoms with Gasteiger partial charge in [-0.3, -0.25) is 4.79 Å². The van der Waals surface area contributed by atoms with Gasteiger partial charge >= 0.3 is 0 Å². The number of hydrogen-bond donors (Lipinski definition) is 1. The molecule has 0 aromatic heterocycles. The highest BCUT2D eigenvalue weighted by Crippen LogP contribution is 2.67. The number of hydrogen-bond acceptors (Lipinski definition) is 1. The molecule has 1 unspecified atom stereocenters. The Hall–Kier alpha value is -0.150. The Morgan fingerprint density at radius 2 is 1.61 bits per heavy atom. The number of carbonyl (C=O) groups excluding carboxylic acids is 1. The van der Waals surface area contributed by atoms with Gasteiger partial charge in [-0.05, 0) is 67.6 Å². The lowest BCUT2D eigenvalue weighted by Crippen LogP contribution is -2.15. The summed E-state index contributed by atoms with van der Waals surface area (Å²) in [7, 11) is 0. The molecular formula is C17H17Cl4NO. The molecule has 3 aliphatic carbocycles. The lowest BCUT2D eigenvalue weighted by atomic mass is 10.0. The molecule has 3 aliphatic rings. The van der Waals surface area contributed by atoms with Gasteiger partial charge in [0.2, 0.25) is 5.91 Å². The summed E-state index contributed by atoms with van der Waals surface area (Å²) in [6, 6.07) is 5.17. The van der Waals surface area contributed by atoms with Gasteiger partial charge in [-0.1, -0.05) is 23.2 Å². The molecule has 0 spiro atoms. The molecule has 0 heterocycles. The molecule has 3 fully saturated rings. The van der Waals surface area contributed by atoms with Gasteiger partial charge in [0.15, 0.2) is 0 Å². The maximum atomic E-state index is 12.5. The molecule has 2 nitrogen and oxygen atoms in total. The minimum Gasteiger partial charge on any atom is -0.326 e. The van der Waals surface area contributed by atoms with Gasteiger partial charge in [-0.2, -0.15) is 0 Å². The van der Waals surface area contributed by atoms with Crippen LogP contribution in [0.5, 0.6) is 0 Å². The lowest BCUT2D eigenvalue weighted by Gasteiger charge is -2.06. The molecule has 0 saturated heterocycles. The Bertz CT molecular complexity index is 640. The van der Waals surface area contributed by atoms with Crippen LogP contribution < -0.4 is 5.32 Å². The molecule has 3 saturated carbocycles. The maximum Gasteiger partial charge on any atom is 0.228 e. The summed E-state index contributed by atoms with van der Waals surface area (Å²) in [4.78, 5) is 12.5. The molecule has 1 amide bonds. The van der Waals surface area contributed by atoms with Gasteiger partial charge in [0.1, 0.15) is 4.33 Å². The smallest absolute Gasteiger partial charge is 0.228 e. The van der Waals surface area contributed by atoms with Crippen molar-refractivity contribution in [3.05, 3.63) is 28.2 Å². The van der Waals surface area contributed by atoms with Crippen LogP contribution in [0.3, 0.4) is 0 Å². The molecular weight excluding hydrogens is 376 g/mol. The van der Waals surface area contributed by atoms with E-state index in [0.717, 1.165) is 25.7 Å². The number of halogens is 4. The summed E-state index contributed by atoms with van der Waals surface area (Å²) in [6.45, 7) is 0. The first-order valence-corrected chi connectivity index (χ1v) is 9.54. The van der Waals surface area contributed by atoms with Crippen molar-refractivity contribution >= 4 is 58.0 Å². The molecule has 23 heavy (non-hydrogen) atoms. The number of amides is 1. The summed E-state index contributed by atoms with van der Waals surface area (Å²) in [5.74, 6) is 2.00. The lowest BCUT2D eigenvalue weighted by molar-refractivity contribution is -0.117. The number of fused-ring (bicyclic) bond motifs is 2. The van der Waals surface area contributed by atoms with Crippen LogP contribution in [-0.2, 0) is 4.79 Å². The van der Waals surface area contributed by atoms with E-state index < -0.39 is 4.33 Å². The predicted octanol–water partition coefficient (Wildman–Crippen LogP) is 5.79. The summed E-state index contributed by atoms with van der Waals surface area (Å²) < 4.78 is -0.505. The van der Waals surface area contributed by atoms with Crippen LogP contribution in [0.15, 0.2) is 18.2 Å². The molecule has 124 valence electrons. The van der Waals surface area contributed by atoms with Crippen molar-refractivity contribution in [2.24, 2.45) is 29.6 Å². The second kappa shape index (κ2) is 5.69. The van der Waals surface area contributed by atoms with Crippen molar-refractivity contribution in [1.29, 1.82) is 0 Å². The van der Waals surface area contributed by atoms with E-state index in [1.54, 1.807) is 18.2 Å². The number of carbonyl (C=O) groups is 1. The third-order valence-corrected chi connectivity index (χ3v) is 7.67. The zero-order valence-electron chi connectivity index (χ0n) is 12.4. The van der Waals surface area contributed by atoms with Crippen LogP contribution >= 0.6 is 46.4 Å². The quantitative estimate of drug-likeness (QED) is 0.634. The maximum absolute atomic E-state index is 12.5. The van der Waals surface area contributed by atoms with Crippen molar-refractivity contribution in [2.45, 2.75) is 30.0 Å². The molecule has 5 atom stereocenters. The first kappa shape index (κ1) is 16.3. The Labute approximate surface area is 155 Å². The summed E-state index contributed by atoms with van der Waals surface area (Å²) in [6.07, 6.45) is 4.17. The monoisotopic (exact) mass is 391 g/mol. The van der Waals surface area contributed by atoms with Crippen molar-refractivity contribution in [3.8, 4) is 0 Å². The zero-order chi connectivity index (χ0) is 16.4. The van der Waals surface area contributed by atoms with Crippen molar-refractivity contribution in [1.82, 2.24) is 0 Å². The van der Waals surface area contributed by atoms with Crippen LogP contribution in [-0.4, -0.2) is 10.2 Å². The fourth-order valence-electron chi connectivity index (χ4n) is 4.41. The second-order valence-corrected chi connectivity index (χ2v) is 9.27. The highest BCUT2D eigenvalue weighted by atomic mass is 35.5. The second-order valence-electron chi connectivity index (χ2n) is 7.01. The minimum absolute atomic E-state index is 0.0944. The SMILES string of the molecule is O=C(Nc1ccc(Cl)c(Cl)c1)C1[C@H]2CC[C@@H]3[C@H](CC[C@H]12)C3(Cl)Cl. The van der Waals surface area contributed by atoms with E-state index in [1.807, 2.05) is 0 Å². The first-order valence-electron chi connectivity index (χ1n) is 8.03. The van der Waals surface area contributed by atoms with Gasteiger partial charge < -0.3 is 5.32 Å². The third-order valence-electron chi connectivity index (χ3n) is 5.81. The van der Waals surface area contributed by atoms with E-state index in [1.165, 1.54) is 0 Å². The normalized spacial score (nSPS) is 37.0. The minimum atomic E-state index is -0.505. The van der Waals surface area contributed by atoms with E-state index in [-0.39, 0.29) is 11.8 Å². The molecule has 1 aromatic carbocycles. The zero-order valence-corrected chi connectivity index (χ0v) is 15.4. The van der Waals surface area contributed by atoms with Gasteiger partial charge in [0, 0.05) is 11.6 Å². The summed E-state index contributed by atoms with van der Waals surface area (Å²) >= 11 is 24.5. The highest BCUT2D eigenvalue weighted by molar-refractivity contribution is 6.51. The summed E-state index contributed by atoms with van der Waals surface area (Å²) in [5.41, 5.74) is 0.701. The van der Waals surface area contributed by atoms with E-state index in [2.05, 4.69) is 5.32 Å². The van der Waals surface area contributed by atoms with Crippen LogP contribution in [0.4, 0.5) is 5.69 Å².